The van der Waals surface area contributed by atoms with Gasteiger partial charge in [-0.1, -0.05) is 0 Å². The van der Waals surface area contributed by atoms with E-state index in [1.54, 1.807) is 12.1 Å². The van der Waals surface area contributed by atoms with Crippen LogP contribution in [0.4, 0.5) is 4.39 Å². The van der Waals surface area contributed by atoms with Crippen LogP contribution in [0.1, 0.15) is 5.69 Å². The molecule has 1 aromatic carbocycles. The highest BCUT2D eigenvalue weighted by molar-refractivity contribution is 5.81. The summed E-state index contributed by atoms with van der Waals surface area (Å²) in [6, 6.07) is 7.20. The van der Waals surface area contributed by atoms with Gasteiger partial charge in [0.1, 0.15) is 5.82 Å². The number of benzene rings is 1. The van der Waals surface area contributed by atoms with E-state index in [1.807, 2.05) is 6.07 Å². The molecule has 0 spiro atoms. The van der Waals surface area contributed by atoms with Crippen molar-refractivity contribution in [3.05, 3.63) is 35.8 Å². The lowest BCUT2D eigenvalue weighted by Crippen LogP contribution is -2.37. The van der Waals surface area contributed by atoms with E-state index in [-0.39, 0.29) is 5.82 Å². The predicted octanol–water partition coefficient (Wildman–Crippen LogP) is 2.16. The molecule has 0 saturated carbocycles. The normalized spacial score (nSPS) is 16.2. The van der Waals surface area contributed by atoms with Crippen LogP contribution in [-0.4, -0.2) is 48.1 Å². The van der Waals surface area contributed by atoms with E-state index in [0.29, 0.717) is 0 Å². The molecule has 1 aliphatic rings. The fourth-order valence-electron chi connectivity index (χ4n) is 2.78. The topological polar surface area (TPSA) is 11.4 Å². The Bertz CT molecular complexity index is 588. The average Bonchev–Trinajstić information content (AvgIpc) is 2.72. The zero-order chi connectivity index (χ0) is 13.4. The quantitative estimate of drug-likeness (QED) is 0.839. The largest absolute Gasteiger partial charge is 0.342 e. The van der Waals surface area contributed by atoms with Gasteiger partial charge in [-0.05, 0) is 38.4 Å². The van der Waals surface area contributed by atoms with Crippen LogP contribution in [0.5, 0.6) is 0 Å². The molecule has 1 aromatic heterocycles. The molecule has 4 heteroatoms. The smallest absolute Gasteiger partial charge is 0.123 e. The predicted molar refractivity (Wildman–Crippen MR) is 75.7 cm³/mol. The highest BCUT2D eigenvalue weighted by Crippen LogP contribution is 2.24. The van der Waals surface area contributed by atoms with Gasteiger partial charge in [0.2, 0.25) is 0 Å². The first-order valence-corrected chi connectivity index (χ1v) is 6.78. The monoisotopic (exact) mass is 261 g/mol. The summed E-state index contributed by atoms with van der Waals surface area (Å²) in [5, 5.41) is 1.02. The zero-order valence-electron chi connectivity index (χ0n) is 11.6. The van der Waals surface area contributed by atoms with Crippen LogP contribution < -0.4 is 0 Å². The van der Waals surface area contributed by atoms with Crippen LogP contribution in [0.25, 0.3) is 10.9 Å². The van der Waals surface area contributed by atoms with Crippen molar-refractivity contribution >= 4 is 10.9 Å². The summed E-state index contributed by atoms with van der Waals surface area (Å²) >= 11 is 0. The first-order chi connectivity index (χ1) is 9.13. The number of halogens is 1. The Morgan fingerprint density at radius 3 is 2.84 bits per heavy atom. The van der Waals surface area contributed by atoms with Crippen LogP contribution in [0.15, 0.2) is 24.3 Å². The van der Waals surface area contributed by atoms with Crippen LogP contribution in [0.2, 0.25) is 0 Å². The molecule has 0 unspecified atom stereocenters. The van der Waals surface area contributed by atoms with E-state index in [4.69, 9.17) is 0 Å². The minimum Gasteiger partial charge on any atom is -0.342 e. The van der Waals surface area contributed by atoms with Gasteiger partial charge in [0.25, 0.3) is 0 Å². The molecule has 0 aliphatic carbocycles. The van der Waals surface area contributed by atoms with Gasteiger partial charge < -0.3 is 9.47 Å². The summed E-state index contributed by atoms with van der Waals surface area (Å²) in [5.41, 5.74) is 2.45. The standard InChI is InChI=1S/C15H20FN3/c1-17(2)5-6-18-7-8-19-14(11-18)10-12-9-13(16)3-4-15(12)19/h3-4,9-10H,5-8,11H2,1-2H3. The number of aromatic nitrogens is 1. The Morgan fingerprint density at radius 2 is 2.05 bits per heavy atom. The maximum absolute atomic E-state index is 13.3. The first-order valence-electron chi connectivity index (χ1n) is 6.78. The number of likely N-dealkylation sites (N-methyl/N-ethyl adjacent to an activating group) is 1. The van der Waals surface area contributed by atoms with Crippen molar-refractivity contribution in [2.75, 3.05) is 33.7 Å². The molecule has 0 radical (unpaired) electrons. The molecule has 3 nitrogen and oxygen atoms in total. The third-order valence-corrected chi connectivity index (χ3v) is 3.84. The van der Waals surface area contributed by atoms with Crippen molar-refractivity contribution in [2.45, 2.75) is 13.1 Å². The van der Waals surface area contributed by atoms with Gasteiger partial charge >= 0.3 is 0 Å². The van der Waals surface area contributed by atoms with E-state index in [1.165, 1.54) is 5.69 Å². The van der Waals surface area contributed by atoms with Crippen LogP contribution >= 0.6 is 0 Å². The summed E-state index contributed by atoms with van der Waals surface area (Å²) in [6.07, 6.45) is 0. The molecule has 0 atom stereocenters. The molecular weight excluding hydrogens is 241 g/mol. The second kappa shape index (κ2) is 4.94. The SMILES string of the molecule is CN(C)CCN1CCn2c(cc3cc(F)ccc32)C1. The number of nitrogens with zero attached hydrogens (tertiary/aromatic N) is 3. The molecular formula is C15H20FN3. The molecule has 0 N–H and O–H groups in total. The Morgan fingerprint density at radius 1 is 1.21 bits per heavy atom. The second-order valence-corrected chi connectivity index (χ2v) is 5.57. The lowest BCUT2D eigenvalue weighted by Gasteiger charge is -2.29. The lowest BCUT2D eigenvalue weighted by molar-refractivity contribution is 0.202. The van der Waals surface area contributed by atoms with Crippen molar-refractivity contribution in [1.82, 2.24) is 14.4 Å². The van der Waals surface area contributed by atoms with Gasteiger partial charge in [0.15, 0.2) is 0 Å². The number of rotatable bonds is 3. The van der Waals surface area contributed by atoms with Crippen molar-refractivity contribution in [2.24, 2.45) is 0 Å². The Kier molecular flexibility index (Phi) is 3.29. The van der Waals surface area contributed by atoms with Crippen molar-refractivity contribution in [3.8, 4) is 0 Å². The van der Waals surface area contributed by atoms with Crippen molar-refractivity contribution in [1.29, 1.82) is 0 Å². The molecule has 102 valence electrons. The first kappa shape index (κ1) is 12.6. The highest BCUT2D eigenvalue weighted by Gasteiger charge is 2.18. The number of hydrogen-bond acceptors (Lipinski definition) is 2. The molecule has 0 saturated heterocycles. The van der Waals surface area contributed by atoms with E-state index in [0.717, 1.165) is 43.6 Å². The molecule has 2 aromatic rings. The lowest BCUT2D eigenvalue weighted by atomic mass is 10.2. The van der Waals surface area contributed by atoms with Gasteiger partial charge in [-0.15, -0.1) is 0 Å². The van der Waals surface area contributed by atoms with Gasteiger partial charge in [0, 0.05) is 49.3 Å². The summed E-state index contributed by atoms with van der Waals surface area (Å²) in [7, 11) is 4.20. The minimum absolute atomic E-state index is 0.153. The van der Waals surface area contributed by atoms with Gasteiger partial charge in [-0.25, -0.2) is 4.39 Å². The highest BCUT2D eigenvalue weighted by atomic mass is 19.1. The molecule has 2 heterocycles. The fourth-order valence-corrected chi connectivity index (χ4v) is 2.78. The number of fused-ring (bicyclic) bond motifs is 3. The van der Waals surface area contributed by atoms with Crippen LogP contribution in [0.3, 0.4) is 0 Å². The maximum atomic E-state index is 13.3. The molecule has 0 fully saturated rings. The maximum Gasteiger partial charge on any atom is 0.123 e. The molecule has 0 amide bonds. The summed E-state index contributed by atoms with van der Waals surface area (Å²) < 4.78 is 15.6. The summed E-state index contributed by atoms with van der Waals surface area (Å²) in [5.74, 6) is -0.153. The Hall–Kier alpha value is -1.39. The van der Waals surface area contributed by atoms with Crippen molar-refractivity contribution < 1.29 is 4.39 Å². The summed E-state index contributed by atoms with van der Waals surface area (Å²) in [6.45, 7) is 5.20. The fraction of sp³-hybridized carbons (Fsp3) is 0.467. The average molecular weight is 261 g/mol. The second-order valence-electron chi connectivity index (χ2n) is 5.57. The minimum atomic E-state index is -0.153. The van der Waals surface area contributed by atoms with Crippen LogP contribution in [0, 0.1) is 5.82 Å². The zero-order valence-corrected chi connectivity index (χ0v) is 11.6. The van der Waals surface area contributed by atoms with E-state index in [9.17, 15) is 4.39 Å². The molecule has 3 rings (SSSR count). The summed E-state index contributed by atoms with van der Waals surface area (Å²) in [4.78, 5) is 4.67. The Labute approximate surface area is 113 Å². The van der Waals surface area contributed by atoms with E-state index < -0.39 is 0 Å². The van der Waals surface area contributed by atoms with Crippen molar-refractivity contribution in [3.63, 3.8) is 0 Å². The van der Waals surface area contributed by atoms with E-state index in [2.05, 4.69) is 34.5 Å². The Balaban J connectivity index is 1.83. The van der Waals surface area contributed by atoms with E-state index >= 15 is 0 Å². The van der Waals surface area contributed by atoms with Gasteiger partial charge in [-0.3, -0.25) is 4.90 Å². The van der Waals surface area contributed by atoms with Crippen LogP contribution in [-0.2, 0) is 13.1 Å². The number of hydrogen-bond donors (Lipinski definition) is 0. The third kappa shape index (κ3) is 2.51. The van der Waals surface area contributed by atoms with Gasteiger partial charge in [0.05, 0.1) is 0 Å². The van der Waals surface area contributed by atoms with Gasteiger partial charge in [-0.2, -0.15) is 0 Å². The third-order valence-electron chi connectivity index (χ3n) is 3.84. The molecule has 0 bridgehead atoms. The molecule has 1 aliphatic heterocycles. The molecule has 19 heavy (non-hydrogen) atoms.